The summed E-state index contributed by atoms with van der Waals surface area (Å²) in [5.74, 6) is -5.14. The van der Waals surface area contributed by atoms with Gasteiger partial charge in [-0.05, 0) is 102 Å². The molecule has 3 amide bonds. The largest absolute Gasteiger partial charge is 0.480 e. The fourth-order valence-electron chi connectivity index (χ4n) is 4.68. The summed E-state index contributed by atoms with van der Waals surface area (Å²) >= 11 is 0. The molecule has 2 aromatic rings. The minimum absolute atomic E-state index is 0.0833. The third-order valence-corrected chi connectivity index (χ3v) is 8.24. The summed E-state index contributed by atoms with van der Waals surface area (Å²) in [6, 6.07) is 5.74. The van der Waals surface area contributed by atoms with Crippen LogP contribution < -0.4 is 20.1 Å². The molecule has 16 nitrogen and oxygen atoms in total. The van der Waals surface area contributed by atoms with Crippen LogP contribution in [-0.2, 0) is 45.2 Å². The van der Waals surface area contributed by atoms with Gasteiger partial charge < -0.3 is 39.8 Å². The Kier molecular flexibility index (Phi) is 15.4. The van der Waals surface area contributed by atoms with Crippen molar-refractivity contribution in [2.75, 3.05) is 0 Å². The number of ether oxygens (including phenoxy) is 2. The molecule has 0 bridgehead atoms. The minimum atomic E-state index is -4.35. The monoisotopic (exact) mass is 763 g/mol. The van der Waals surface area contributed by atoms with Crippen LogP contribution >= 0.6 is 0 Å². The van der Waals surface area contributed by atoms with E-state index in [4.69, 9.17) is 18.8 Å². The van der Waals surface area contributed by atoms with Gasteiger partial charge in [0, 0.05) is 12.8 Å². The van der Waals surface area contributed by atoms with Gasteiger partial charge in [0.25, 0.3) is 0 Å². The maximum absolute atomic E-state index is 13.7. The SMILES string of the molecule is CC(C)C[C@H](NC(=O)[C@H](Cc1ccc(OS(=O)(=O)c2ccc(C(=O)O)cc2)cc1)NC(=O)[C@H](CCC(=O)OC(C)(C)C)NC(=O)OC(C)(C)C)C(=O)O. The Morgan fingerprint density at radius 2 is 1.25 bits per heavy atom. The average Bonchev–Trinajstić information content (AvgIpc) is 3.01. The molecule has 0 aliphatic carbocycles. The molecular weight excluding hydrogens is 714 g/mol. The van der Waals surface area contributed by atoms with Crippen molar-refractivity contribution in [2.24, 2.45) is 5.92 Å². The van der Waals surface area contributed by atoms with E-state index in [0.29, 0.717) is 5.56 Å². The summed E-state index contributed by atoms with van der Waals surface area (Å²) in [5.41, 5.74) is -1.47. The molecule has 0 saturated heterocycles. The second-order valence-electron chi connectivity index (χ2n) is 14.6. The van der Waals surface area contributed by atoms with Crippen LogP contribution in [0.25, 0.3) is 0 Å². The van der Waals surface area contributed by atoms with Crippen LogP contribution in [0.5, 0.6) is 5.75 Å². The molecule has 0 radical (unpaired) electrons. The lowest BCUT2D eigenvalue weighted by atomic mass is 10.0. The van der Waals surface area contributed by atoms with E-state index in [9.17, 15) is 42.3 Å². The maximum atomic E-state index is 13.7. The average molecular weight is 764 g/mol. The number of carbonyl (C=O) groups excluding carboxylic acids is 4. The van der Waals surface area contributed by atoms with Gasteiger partial charge in [-0.25, -0.2) is 14.4 Å². The van der Waals surface area contributed by atoms with E-state index in [1.165, 1.54) is 24.3 Å². The predicted molar refractivity (Wildman–Crippen MR) is 191 cm³/mol. The molecule has 0 aromatic heterocycles. The van der Waals surface area contributed by atoms with Crippen LogP contribution in [0.3, 0.4) is 0 Å². The molecular formula is C36H49N3O13S. The van der Waals surface area contributed by atoms with Crippen molar-refractivity contribution in [3.05, 3.63) is 59.7 Å². The lowest BCUT2D eigenvalue weighted by molar-refractivity contribution is -0.155. The maximum Gasteiger partial charge on any atom is 0.408 e. The van der Waals surface area contributed by atoms with Crippen molar-refractivity contribution in [3.63, 3.8) is 0 Å². The molecule has 0 heterocycles. The summed E-state index contributed by atoms with van der Waals surface area (Å²) in [6.45, 7) is 13.4. The molecule has 17 heteroatoms. The molecule has 0 spiro atoms. The topological polar surface area (TPSA) is 241 Å². The Morgan fingerprint density at radius 3 is 1.74 bits per heavy atom. The van der Waals surface area contributed by atoms with Gasteiger partial charge in [-0.15, -0.1) is 0 Å². The zero-order valence-corrected chi connectivity index (χ0v) is 31.9. The zero-order chi connectivity index (χ0) is 40.3. The number of carbonyl (C=O) groups is 6. The van der Waals surface area contributed by atoms with Gasteiger partial charge in [-0.3, -0.25) is 14.4 Å². The molecule has 0 aliphatic rings. The molecule has 0 saturated carbocycles. The Hall–Kier alpha value is -5.19. The van der Waals surface area contributed by atoms with Crippen molar-refractivity contribution in [2.45, 2.75) is 115 Å². The van der Waals surface area contributed by atoms with Gasteiger partial charge in [-0.1, -0.05) is 26.0 Å². The number of hydrogen-bond acceptors (Lipinski definition) is 11. The number of rotatable bonds is 17. The number of carboxylic acids is 2. The van der Waals surface area contributed by atoms with Crippen LogP contribution in [0.1, 0.15) is 90.6 Å². The molecule has 53 heavy (non-hydrogen) atoms. The lowest BCUT2D eigenvalue weighted by Crippen LogP contribution is -2.57. The summed E-state index contributed by atoms with van der Waals surface area (Å²) in [4.78, 5) is 75.3. The first kappa shape index (κ1) is 44.0. The summed E-state index contributed by atoms with van der Waals surface area (Å²) < 4.78 is 41.4. The zero-order valence-electron chi connectivity index (χ0n) is 31.1. The van der Waals surface area contributed by atoms with Crippen LogP contribution in [0, 0.1) is 5.92 Å². The summed E-state index contributed by atoms with van der Waals surface area (Å²) in [6.07, 6.45) is -1.63. The second kappa shape index (κ2) is 18.5. The standard InChI is InChI=1S/C36H49N3O13S/c1-21(2)19-28(33(45)46)38-31(42)27(37-30(41)26(39-34(47)51-36(6,7)8)17-18-29(40)50-35(3,4)5)20-22-9-13-24(14-10-22)52-53(48,49)25-15-11-23(12-16-25)32(43)44/h9-16,21,26-28H,17-20H2,1-8H3,(H,37,41)(H,38,42)(H,39,47)(H,43,44)(H,45,46)/t26-,27-,28-/m0/s1. The number of alkyl carbamates (subject to hydrolysis) is 1. The number of aliphatic carboxylic acids is 1. The molecule has 0 unspecified atom stereocenters. The molecule has 2 rings (SSSR count). The minimum Gasteiger partial charge on any atom is -0.480 e. The number of carboxylic acid groups (broad SMARTS) is 2. The second-order valence-corrected chi connectivity index (χ2v) is 16.2. The Balaban J connectivity index is 2.38. The van der Waals surface area contributed by atoms with E-state index in [0.717, 1.165) is 24.3 Å². The first-order chi connectivity index (χ1) is 24.3. The first-order valence-corrected chi connectivity index (χ1v) is 18.2. The van der Waals surface area contributed by atoms with E-state index < -0.39 is 75.3 Å². The van der Waals surface area contributed by atoms with Crippen molar-refractivity contribution in [1.82, 2.24) is 16.0 Å². The van der Waals surface area contributed by atoms with Crippen molar-refractivity contribution < 1.29 is 61.1 Å². The van der Waals surface area contributed by atoms with Crippen molar-refractivity contribution >= 4 is 45.9 Å². The predicted octanol–water partition coefficient (Wildman–Crippen LogP) is 3.81. The number of amides is 3. The molecule has 3 atom stereocenters. The molecule has 0 fully saturated rings. The normalized spacial score (nSPS) is 13.5. The third-order valence-electron chi connectivity index (χ3n) is 6.98. The quantitative estimate of drug-likeness (QED) is 0.114. The van der Waals surface area contributed by atoms with Crippen LogP contribution in [0.4, 0.5) is 4.79 Å². The van der Waals surface area contributed by atoms with E-state index in [-0.39, 0.29) is 47.8 Å². The number of esters is 1. The third kappa shape index (κ3) is 15.9. The highest BCUT2D eigenvalue weighted by atomic mass is 32.2. The lowest BCUT2D eigenvalue weighted by Gasteiger charge is -2.26. The first-order valence-electron chi connectivity index (χ1n) is 16.8. The van der Waals surface area contributed by atoms with Gasteiger partial charge in [-0.2, -0.15) is 8.42 Å². The number of nitrogens with one attached hydrogen (secondary N) is 3. The molecule has 0 aliphatic heterocycles. The fourth-order valence-corrected chi connectivity index (χ4v) is 5.61. The molecule has 2 aromatic carbocycles. The van der Waals surface area contributed by atoms with Crippen LogP contribution in [0.15, 0.2) is 53.4 Å². The van der Waals surface area contributed by atoms with E-state index in [1.54, 1.807) is 55.4 Å². The molecule has 292 valence electrons. The van der Waals surface area contributed by atoms with Crippen molar-refractivity contribution in [3.8, 4) is 5.75 Å². The molecule has 5 N–H and O–H groups in total. The number of hydrogen-bond donors (Lipinski definition) is 5. The number of aromatic carboxylic acids is 1. The Morgan fingerprint density at radius 1 is 0.717 bits per heavy atom. The van der Waals surface area contributed by atoms with Gasteiger partial charge >= 0.3 is 34.1 Å². The van der Waals surface area contributed by atoms with Gasteiger partial charge in [0.15, 0.2) is 0 Å². The van der Waals surface area contributed by atoms with Gasteiger partial charge in [0.2, 0.25) is 11.8 Å². The van der Waals surface area contributed by atoms with Crippen LogP contribution in [0.2, 0.25) is 0 Å². The highest BCUT2D eigenvalue weighted by Crippen LogP contribution is 2.21. The van der Waals surface area contributed by atoms with Crippen LogP contribution in [-0.4, -0.2) is 83.8 Å². The van der Waals surface area contributed by atoms with Gasteiger partial charge in [0.1, 0.15) is 40.0 Å². The summed E-state index contributed by atoms with van der Waals surface area (Å²) in [5, 5.41) is 26.3. The Bertz CT molecular complexity index is 1730. The smallest absolute Gasteiger partial charge is 0.408 e. The van der Waals surface area contributed by atoms with E-state index >= 15 is 0 Å². The fraction of sp³-hybridized carbons (Fsp3) is 0.500. The Labute approximate surface area is 309 Å². The van der Waals surface area contributed by atoms with E-state index in [2.05, 4.69) is 16.0 Å². The van der Waals surface area contributed by atoms with Gasteiger partial charge in [0.05, 0.1) is 5.56 Å². The van der Waals surface area contributed by atoms with Crippen molar-refractivity contribution in [1.29, 1.82) is 0 Å². The highest BCUT2D eigenvalue weighted by Gasteiger charge is 2.32. The number of benzene rings is 2. The summed E-state index contributed by atoms with van der Waals surface area (Å²) in [7, 11) is -4.35. The highest BCUT2D eigenvalue weighted by molar-refractivity contribution is 7.87. The van der Waals surface area contributed by atoms with E-state index in [1.807, 2.05) is 0 Å².